The van der Waals surface area contributed by atoms with Crippen LogP contribution in [0.2, 0.25) is 5.02 Å². The van der Waals surface area contributed by atoms with Crippen molar-refractivity contribution in [3.05, 3.63) is 64.4 Å². The molecule has 3 rings (SSSR count). The number of nitrogens with one attached hydrogen (secondary N) is 2. The fourth-order valence-electron chi connectivity index (χ4n) is 2.96. The highest BCUT2D eigenvalue weighted by atomic mass is 35.5. The summed E-state index contributed by atoms with van der Waals surface area (Å²) in [5, 5.41) is 15.1. The van der Waals surface area contributed by atoms with Gasteiger partial charge in [0.15, 0.2) is 5.16 Å². The number of nitrogens with zero attached hydrogens (tertiary/aromatic N) is 3. The molecule has 1 aromatic heterocycles. The number of thioether (sulfide) groups is 1. The number of hydrogen-bond donors (Lipinski definition) is 2. The van der Waals surface area contributed by atoms with Gasteiger partial charge in [-0.2, -0.15) is 0 Å². The zero-order chi connectivity index (χ0) is 22.4. The molecule has 0 aliphatic rings. The van der Waals surface area contributed by atoms with E-state index in [-0.39, 0.29) is 24.0 Å². The number of aromatic nitrogens is 3. The molecule has 0 bridgehead atoms. The molecule has 0 unspecified atom stereocenters. The van der Waals surface area contributed by atoms with E-state index < -0.39 is 0 Å². The Morgan fingerprint density at radius 1 is 1.06 bits per heavy atom. The highest BCUT2D eigenvalue weighted by Gasteiger charge is 2.15. The average Bonchev–Trinajstić information content (AvgIpc) is 3.09. The van der Waals surface area contributed by atoms with E-state index in [1.54, 1.807) is 23.7 Å². The number of halogens is 1. The van der Waals surface area contributed by atoms with Crippen molar-refractivity contribution in [2.75, 3.05) is 16.4 Å². The van der Waals surface area contributed by atoms with Gasteiger partial charge in [-0.1, -0.05) is 54.6 Å². The molecule has 0 atom stereocenters. The number of carbonyl (C=O) groups is 2. The van der Waals surface area contributed by atoms with E-state index in [2.05, 4.69) is 20.8 Å². The van der Waals surface area contributed by atoms with Crippen LogP contribution in [0.5, 0.6) is 0 Å². The largest absolute Gasteiger partial charge is 0.325 e. The first-order valence-electron chi connectivity index (χ1n) is 9.82. The van der Waals surface area contributed by atoms with Crippen LogP contribution in [0.15, 0.2) is 47.6 Å². The summed E-state index contributed by atoms with van der Waals surface area (Å²) in [6.07, 6.45) is 0.925. The molecule has 0 aliphatic heterocycles. The van der Waals surface area contributed by atoms with Crippen LogP contribution in [0.4, 0.5) is 11.4 Å². The molecular weight excluding hydrogens is 434 g/mol. The molecule has 31 heavy (non-hydrogen) atoms. The molecule has 0 radical (unpaired) electrons. The molecule has 2 aromatic carbocycles. The Labute approximate surface area is 190 Å². The van der Waals surface area contributed by atoms with Gasteiger partial charge in [-0.05, 0) is 42.7 Å². The van der Waals surface area contributed by atoms with Crippen molar-refractivity contribution in [3.8, 4) is 0 Å². The lowest BCUT2D eigenvalue weighted by atomic mass is 10.1. The summed E-state index contributed by atoms with van der Waals surface area (Å²) >= 11 is 7.25. The van der Waals surface area contributed by atoms with Crippen LogP contribution in [0, 0.1) is 6.92 Å². The number of hydrogen-bond acceptors (Lipinski definition) is 5. The number of carbonyl (C=O) groups excluding carboxylic acids is 2. The number of benzene rings is 2. The molecule has 2 N–H and O–H groups in total. The van der Waals surface area contributed by atoms with Gasteiger partial charge in [0.1, 0.15) is 5.82 Å². The fourth-order valence-corrected chi connectivity index (χ4v) is 3.86. The number of anilines is 2. The molecule has 0 fully saturated rings. The van der Waals surface area contributed by atoms with E-state index in [9.17, 15) is 9.59 Å². The maximum Gasteiger partial charge on any atom is 0.234 e. The van der Waals surface area contributed by atoms with E-state index in [0.717, 1.165) is 23.2 Å². The summed E-state index contributed by atoms with van der Waals surface area (Å²) in [7, 11) is 1.78. The first-order valence-corrected chi connectivity index (χ1v) is 11.2. The van der Waals surface area contributed by atoms with E-state index >= 15 is 0 Å². The highest BCUT2D eigenvalue weighted by molar-refractivity contribution is 7.99. The minimum absolute atomic E-state index is 0.0933. The third-order valence-electron chi connectivity index (χ3n) is 4.72. The van der Waals surface area contributed by atoms with Crippen molar-refractivity contribution in [1.29, 1.82) is 0 Å². The van der Waals surface area contributed by atoms with Gasteiger partial charge in [0.25, 0.3) is 0 Å². The third-order valence-corrected chi connectivity index (χ3v) is 5.98. The molecule has 1 heterocycles. The Kier molecular flexibility index (Phi) is 7.70. The van der Waals surface area contributed by atoms with Crippen molar-refractivity contribution in [2.45, 2.75) is 31.8 Å². The second-order valence-electron chi connectivity index (χ2n) is 6.99. The maximum atomic E-state index is 12.5. The van der Waals surface area contributed by atoms with Crippen LogP contribution in [-0.2, 0) is 29.5 Å². The van der Waals surface area contributed by atoms with Gasteiger partial charge in [0.05, 0.1) is 12.2 Å². The Balaban J connectivity index is 1.56. The Hall–Kier alpha value is -2.84. The molecule has 0 spiro atoms. The normalized spacial score (nSPS) is 10.7. The third kappa shape index (κ3) is 6.08. The van der Waals surface area contributed by atoms with Gasteiger partial charge >= 0.3 is 0 Å². The predicted octanol–water partition coefficient (Wildman–Crippen LogP) is 4.25. The molecule has 9 heteroatoms. The molecule has 2 amide bonds. The van der Waals surface area contributed by atoms with E-state index in [4.69, 9.17) is 11.6 Å². The molecule has 0 aliphatic carbocycles. The molecule has 0 saturated heterocycles. The first kappa shape index (κ1) is 22.8. The average molecular weight is 458 g/mol. The number of aryl methyl sites for hydroxylation is 2. The lowest BCUT2D eigenvalue weighted by molar-refractivity contribution is -0.116. The van der Waals surface area contributed by atoms with Gasteiger partial charge in [0, 0.05) is 23.4 Å². The van der Waals surface area contributed by atoms with Crippen molar-refractivity contribution < 1.29 is 9.59 Å². The second-order valence-corrected chi connectivity index (χ2v) is 8.37. The second kappa shape index (κ2) is 10.5. The van der Waals surface area contributed by atoms with Crippen LogP contribution in [0.3, 0.4) is 0 Å². The topological polar surface area (TPSA) is 88.9 Å². The molecular formula is C22H24ClN5O2S. The van der Waals surface area contributed by atoms with Crippen molar-refractivity contribution in [2.24, 2.45) is 7.05 Å². The smallest absolute Gasteiger partial charge is 0.234 e. The minimum atomic E-state index is -0.172. The van der Waals surface area contributed by atoms with Crippen LogP contribution in [0.1, 0.15) is 23.9 Å². The molecule has 0 saturated carbocycles. The summed E-state index contributed by atoms with van der Waals surface area (Å²) in [5.74, 6) is 0.351. The highest BCUT2D eigenvalue weighted by Crippen LogP contribution is 2.22. The Morgan fingerprint density at radius 2 is 1.81 bits per heavy atom. The van der Waals surface area contributed by atoms with Crippen LogP contribution in [-0.4, -0.2) is 32.3 Å². The van der Waals surface area contributed by atoms with Gasteiger partial charge in [-0.15, -0.1) is 10.2 Å². The van der Waals surface area contributed by atoms with Crippen molar-refractivity contribution >= 4 is 46.6 Å². The van der Waals surface area contributed by atoms with Crippen LogP contribution < -0.4 is 10.6 Å². The van der Waals surface area contributed by atoms with Gasteiger partial charge in [-0.3, -0.25) is 9.59 Å². The van der Waals surface area contributed by atoms with Crippen molar-refractivity contribution in [3.63, 3.8) is 0 Å². The van der Waals surface area contributed by atoms with E-state index in [1.807, 2.05) is 44.2 Å². The lowest BCUT2D eigenvalue weighted by Gasteiger charge is -2.10. The maximum absolute atomic E-state index is 12.5. The van der Waals surface area contributed by atoms with Crippen molar-refractivity contribution in [1.82, 2.24) is 14.8 Å². The summed E-state index contributed by atoms with van der Waals surface area (Å²) < 4.78 is 1.73. The number of rotatable bonds is 8. The Bertz CT molecular complexity index is 1100. The summed E-state index contributed by atoms with van der Waals surface area (Å²) in [6.45, 7) is 3.94. The quantitative estimate of drug-likeness (QED) is 0.493. The zero-order valence-corrected chi connectivity index (χ0v) is 19.2. The Morgan fingerprint density at radius 3 is 2.58 bits per heavy atom. The van der Waals surface area contributed by atoms with Gasteiger partial charge in [0.2, 0.25) is 11.8 Å². The standard InChI is InChI=1S/C22H24ClN5O2S/c1-4-15-7-5-6-8-17(15)24-20(29)12-19-26-27-22(28(19)3)31-13-21(30)25-18-11-16(23)10-9-14(18)2/h5-11H,4,12-13H2,1-3H3,(H,24,29)(H,25,30). The SMILES string of the molecule is CCc1ccccc1NC(=O)Cc1nnc(SCC(=O)Nc2cc(Cl)ccc2C)n1C. The van der Waals surface area contributed by atoms with Crippen LogP contribution >= 0.6 is 23.4 Å². The minimum Gasteiger partial charge on any atom is -0.325 e. The number of para-hydroxylation sites is 1. The molecule has 7 nitrogen and oxygen atoms in total. The van der Waals surface area contributed by atoms with Crippen LogP contribution in [0.25, 0.3) is 0 Å². The van der Waals surface area contributed by atoms with E-state index in [0.29, 0.717) is 21.7 Å². The summed E-state index contributed by atoms with van der Waals surface area (Å²) in [4.78, 5) is 24.8. The number of amides is 2. The monoisotopic (exact) mass is 457 g/mol. The molecule has 3 aromatic rings. The van der Waals surface area contributed by atoms with Gasteiger partial charge in [-0.25, -0.2) is 0 Å². The summed E-state index contributed by atoms with van der Waals surface area (Å²) in [6, 6.07) is 13.1. The fraction of sp³-hybridized carbons (Fsp3) is 0.273. The first-order chi connectivity index (χ1) is 14.9. The predicted molar refractivity (Wildman–Crippen MR) is 125 cm³/mol. The zero-order valence-electron chi connectivity index (χ0n) is 17.6. The summed E-state index contributed by atoms with van der Waals surface area (Å²) in [5.41, 5.74) is 3.49. The van der Waals surface area contributed by atoms with Gasteiger partial charge < -0.3 is 15.2 Å². The van der Waals surface area contributed by atoms with E-state index in [1.165, 1.54) is 11.8 Å². The molecule has 162 valence electrons. The lowest BCUT2D eigenvalue weighted by Crippen LogP contribution is -2.18.